The number of pyridine rings is 1. The summed E-state index contributed by atoms with van der Waals surface area (Å²) in [6.07, 6.45) is 7.68. The molecule has 0 aliphatic carbocycles. The molecule has 0 radical (unpaired) electrons. The van der Waals surface area contributed by atoms with Crippen molar-refractivity contribution in [2.75, 3.05) is 19.3 Å². The molecule has 5 rings (SSSR count). The first-order valence-corrected chi connectivity index (χ1v) is 11.3. The summed E-state index contributed by atoms with van der Waals surface area (Å²) >= 11 is 1.71. The van der Waals surface area contributed by atoms with Gasteiger partial charge >= 0.3 is 0 Å². The number of thioether (sulfide) groups is 1. The molecule has 2 aliphatic heterocycles. The summed E-state index contributed by atoms with van der Waals surface area (Å²) in [5, 5.41) is 0. The van der Waals surface area contributed by atoms with E-state index in [1.54, 1.807) is 30.2 Å². The first kappa shape index (κ1) is 19.1. The molecule has 30 heavy (non-hydrogen) atoms. The fourth-order valence-electron chi connectivity index (χ4n) is 4.77. The Morgan fingerprint density at radius 3 is 2.63 bits per heavy atom. The van der Waals surface area contributed by atoms with E-state index in [9.17, 15) is 9.59 Å². The average molecular weight is 419 g/mol. The monoisotopic (exact) mass is 418 g/mol. The lowest BCUT2D eigenvalue weighted by molar-refractivity contribution is 0.0589. The normalized spacial score (nSPS) is 20.0. The lowest BCUT2D eigenvalue weighted by Gasteiger charge is -2.43. The van der Waals surface area contributed by atoms with Gasteiger partial charge in [0.1, 0.15) is 5.69 Å². The van der Waals surface area contributed by atoms with Gasteiger partial charge in [-0.25, -0.2) is 4.98 Å². The van der Waals surface area contributed by atoms with Crippen molar-refractivity contribution in [1.82, 2.24) is 19.4 Å². The van der Waals surface area contributed by atoms with Crippen LogP contribution in [0.3, 0.4) is 0 Å². The van der Waals surface area contributed by atoms with Crippen molar-refractivity contribution in [2.45, 2.75) is 23.8 Å². The van der Waals surface area contributed by atoms with E-state index in [4.69, 9.17) is 0 Å². The number of nitrogens with zero attached hydrogens (tertiary/aromatic N) is 4. The number of amides is 1. The van der Waals surface area contributed by atoms with Crippen LogP contribution in [0.25, 0.3) is 11.1 Å². The number of hydrogen-bond donors (Lipinski definition) is 0. The lowest BCUT2D eigenvalue weighted by atomic mass is 9.80. The van der Waals surface area contributed by atoms with Crippen molar-refractivity contribution >= 4 is 17.7 Å². The Morgan fingerprint density at radius 1 is 1.07 bits per heavy atom. The number of rotatable bonds is 3. The molecule has 2 aliphatic rings. The van der Waals surface area contributed by atoms with E-state index >= 15 is 0 Å². The van der Waals surface area contributed by atoms with Gasteiger partial charge in [-0.2, -0.15) is 0 Å². The van der Waals surface area contributed by atoms with Crippen LogP contribution in [-0.2, 0) is 6.54 Å². The first-order chi connectivity index (χ1) is 14.6. The summed E-state index contributed by atoms with van der Waals surface area (Å²) in [7, 11) is 0. The van der Waals surface area contributed by atoms with Crippen molar-refractivity contribution in [3.8, 4) is 11.1 Å². The van der Waals surface area contributed by atoms with Crippen molar-refractivity contribution in [3.63, 3.8) is 0 Å². The summed E-state index contributed by atoms with van der Waals surface area (Å²) < 4.78 is 1.93. The van der Waals surface area contributed by atoms with Crippen LogP contribution in [0.4, 0.5) is 0 Å². The SMILES string of the molecule is CSc1ccc(-c2ccc(=O)n3c2[C@H]2C[C@@H](CN(C(=O)c4cnccn4)C2)C3)cc1. The van der Waals surface area contributed by atoms with Crippen LogP contribution in [0.5, 0.6) is 0 Å². The number of carbonyl (C=O) groups is 1. The van der Waals surface area contributed by atoms with Crippen LogP contribution < -0.4 is 5.56 Å². The third-order valence-electron chi connectivity index (χ3n) is 6.06. The second-order valence-corrected chi connectivity index (χ2v) is 8.79. The molecule has 7 heteroatoms. The van der Waals surface area contributed by atoms with Gasteiger partial charge in [-0.05, 0) is 42.4 Å². The molecule has 1 aromatic carbocycles. The summed E-state index contributed by atoms with van der Waals surface area (Å²) in [6, 6.07) is 12.1. The van der Waals surface area contributed by atoms with Gasteiger partial charge in [-0.3, -0.25) is 14.6 Å². The second-order valence-electron chi connectivity index (χ2n) is 7.91. The zero-order chi connectivity index (χ0) is 20.7. The van der Waals surface area contributed by atoms with Gasteiger partial charge in [0.15, 0.2) is 0 Å². The van der Waals surface area contributed by atoms with Crippen molar-refractivity contribution in [3.05, 3.63) is 76.7 Å². The molecule has 4 heterocycles. The Labute approximate surface area is 179 Å². The van der Waals surface area contributed by atoms with Crippen LogP contribution in [0.1, 0.15) is 28.5 Å². The van der Waals surface area contributed by atoms with Gasteiger partial charge in [-0.15, -0.1) is 11.8 Å². The maximum Gasteiger partial charge on any atom is 0.274 e. The van der Waals surface area contributed by atoms with Crippen molar-refractivity contribution in [2.24, 2.45) is 5.92 Å². The van der Waals surface area contributed by atoms with Gasteiger partial charge in [0, 0.05) is 60.2 Å². The maximum atomic E-state index is 13.0. The third kappa shape index (κ3) is 3.33. The molecule has 2 aromatic heterocycles. The van der Waals surface area contributed by atoms with Gasteiger partial charge < -0.3 is 9.47 Å². The maximum absolute atomic E-state index is 13.0. The third-order valence-corrected chi connectivity index (χ3v) is 6.80. The number of carbonyl (C=O) groups excluding carboxylic acids is 1. The number of aromatic nitrogens is 3. The smallest absolute Gasteiger partial charge is 0.274 e. The number of piperidine rings is 1. The largest absolute Gasteiger partial charge is 0.336 e. The zero-order valence-corrected chi connectivity index (χ0v) is 17.5. The molecule has 1 saturated heterocycles. The van der Waals surface area contributed by atoms with Gasteiger partial charge in [0.05, 0.1) is 6.20 Å². The standard InChI is InChI=1S/C23H22N4O2S/c1-30-18-4-2-16(3-5-18)19-6-7-21(28)27-13-15-10-17(22(19)27)14-26(12-15)23(29)20-11-24-8-9-25-20/h2-9,11,15,17H,10,12-14H2,1H3/t15-,17-/m0/s1. The highest BCUT2D eigenvalue weighted by atomic mass is 32.2. The van der Waals surface area contributed by atoms with E-state index in [0.29, 0.717) is 25.3 Å². The molecule has 1 amide bonds. The van der Waals surface area contributed by atoms with E-state index < -0.39 is 0 Å². The number of likely N-dealkylation sites (tertiary alicyclic amines) is 1. The van der Waals surface area contributed by atoms with Crippen LogP contribution in [0.2, 0.25) is 0 Å². The number of benzene rings is 1. The van der Waals surface area contributed by atoms with Crippen LogP contribution in [0, 0.1) is 5.92 Å². The summed E-state index contributed by atoms with van der Waals surface area (Å²) in [6.45, 7) is 1.88. The summed E-state index contributed by atoms with van der Waals surface area (Å²) in [5.74, 6) is 0.307. The average Bonchev–Trinajstić information content (AvgIpc) is 2.80. The van der Waals surface area contributed by atoms with Gasteiger partial charge in [0.2, 0.25) is 0 Å². The second kappa shape index (κ2) is 7.72. The molecule has 152 valence electrons. The lowest BCUT2D eigenvalue weighted by Crippen LogP contribution is -2.49. The Balaban J connectivity index is 1.53. The molecule has 0 spiro atoms. The molecule has 0 N–H and O–H groups in total. The number of hydrogen-bond acceptors (Lipinski definition) is 5. The predicted molar refractivity (Wildman–Crippen MR) is 117 cm³/mol. The number of fused-ring (bicyclic) bond motifs is 4. The molecular formula is C23H22N4O2S. The Kier molecular flexibility index (Phi) is 4.90. The minimum atomic E-state index is -0.0876. The Hall–Kier alpha value is -2.93. The van der Waals surface area contributed by atoms with E-state index in [0.717, 1.165) is 23.2 Å². The summed E-state index contributed by atoms with van der Waals surface area (Å²) in [5.41, 5.74) is 3.65. The molecule has 3 aromatic rings. The van der Waals surface area contributed by atoms with Crippen LogP contribution >= 0.6 is 11.8 Å². The molecule has 0 saturated carbocycles. The first-order valence-electron chi connectivity index (χ1n) is 10.1. The van der Waals surface area contributed by atoms with Gasteiger partial charge in [0.25, 0.3) is 11.5 Å². The molecule has 2 bridgehead atoms. The molecule has 1 fully saturated rings. The van der Waals surface area contributed by atoms with E-state index in [2.05, 4.69) is 40.5 Å². The van der Waals surface area contributed by atoms with Crippen LogP contribution in [-0.4, -0.2) is 44.7 Å². The van der Waals surface area contributed by atoms with E-state index in [-0.39, 0.29) is 23.3 Å². The van der Waals surface area contributed by atoms with Crippen LogP contribution in [0.15, 0.2) is 64.7 Å². The zero-order valence-electron chi connectivity index (χ0n) is 16.7. The van der Waals surface area contributed by atoms with E-state index in [1.807, 2.05) is 15.5 Å². The molecule has 2 atom stereocenters. The minimum Gasteiger partial charge on any atom is -0.336 e. The van der Waals surface area contributed by atoms with Crippen molar-refractivity contribution < 1.29 is 4.79 Å². The van der Waals surface area contributed by atoms with Crippen molar-refractivity contribution in [1.29, 1.82) is 0 Å². The predicted octanol–water partition coefficient (Wildman–Crippen LogP) is 3.29. The molecular weight excluding hydrogens is 396 g/mol. The highest BCUT2D eigenvalue weighted by molar-refractivity contribution is 7.98. The fraction of sp³-hybridized carbons (Fsp3) is 0.304. The Morgan fingerprint density at radius 2 is 1.90 bits per heavy atom. The fourth-order valence-corrected chi connectivity index (χ4v) is 5.18. The topological polar surface area (TPSA) is 68.1 Å². The summed E-state index contributed by atoms with van der Waals surface area (Å²) in [4.78, 5) is 37.0. The molecule has 0 unspecified atom stereocenters. The highest BCUT2D eigenvalue weighted by Crippen LogP contribution is 2.40. The quantitative estimate of drug-likeness (QED) is 0.611. The minimum absolute atomic E-state index is 0.0397. The van der Waals surface area contributed by atoms with E-state index in [1.165, 1.54) is 11.1 Å². The van der Waals surface area contributed by atoms with Gasteiger partial charge in [-0.1, -0.05) is 12.1 Å². The Bertz CT molecular complexity index is 1140. The highest BCUT2D eigenvalue weighted by Gasteiger charge is 2.38. The molecule has 6 nitrogen and oxygen atoms in total.